The molecular weight excluding hydrogens is 376 g/mol. The Morgan fingerprint density at radius 1 is 1.03 bits per heavy atom. The van der Waals surface area contributed by atoms with Crippen molar-refractivity contribution in [2.75, 3.05) is 6.61 Å². The van der Waals surface area contributed by atoms with Crippen molar-refractivity contribution in [1.82, 2.24) is 0 Å². The molecule has 4 N–H and O–H groups in total. The van der Waals surface area contributed by atoms with Gasteiger partial charge in [-0.15, -0.1) is 0 Å². The molecule has 3 saturated carbocycles. The van der Waals surface area contributed by atoms with Gasteiger partial charge in [-0.3, -0.25) is 0 Å². The van der Waals surface area contributed by atoms with E-state index in [1.165, 1.54) is 11.1 Å². The molecule has 0 aromatic heterocycles. The van der Waals surface area contributed by atoms with Crippen molar-refractivity contribution < 1.29 is 20.4 Å². The van der Waals surface area contributed by atoms with Crippen LogP contribution in [0.25, 0.3) is 0 Å². The maximum Gasteiger partial charge on any atom is 0.0761 e. The quantitative estimate of drug-likeness (QED) is 0.523. The van der Waals surface area contributed by atoms with Crippen molar-refractivity contribution in [1.29, 1.82) is 0 Å². The fourth-order valence-electron chi connectivity index (χ4n) is 7.98. The number of allylic oxidation sites excluding steroid dienone is 1. The van der Waals surface area contributed by atoms with Gasteiger partial charge in [0, 0.05) is 6.61 Å². The summed E-state index contributed by atoms with van der Waals surface area (Å²) in [6.45, 7) is 9.11. The molecule has 2 unspecified atom stereocenters. The third-order valence-corrected chi connectivity index (χ3v) is 9.71. The van der Waals surface area contributed by atoms with Gasteiger partial charge >= 0.3 is 0 Å². The number of aliphatic hydroxyl groups excluding tert-OH is 4. The molecule has 4 aliphatic carbocycles. The minimum atomic E-state index is -0.417. The van der Waals surface area contributed by atoms with E-state index in [1.807, 2.05) is 6.92 Å². The first-order chi connectivity index (χ1) is 14.1. The third kappa shape index (κ3) is 3.43. The van der Waals surface area contributed by atoms with Gasteiger partial charge in [0.25, 0.3) is 0 Å². The van der Waals surface area contributed by atoms with E-state index in [0.29, 0.717) is 30.6 Å². The summed E-state index contributed by atoms with van der Waals surface area (Å²) < 4.78 is 0. The lowest BCUT2D eigenvalue weighted by molar-refractivity contribution is -0.0965. The zero-order valence-corrected chi connectivity index (χ0v) is 19.2. The highest BCUT2D eigenvalue weighted by molar-refractivity contribution is 5.38. The normalized spacial score (nSPS) is 48.3. The van der Waals surface area contributed by atoms with E-state index >= 15 is 0 Å². The number of aliphatic hydroxyl groups is 4. The van der Waals surface area contributed by atoms with Crippen molar-refractivity contribution >= 4 is 0 Å². The summed E-state index contributed by atoms with van der Waals surface area (Å²) in [6, 6.07) is 0. The van der Waals surface area contributed by atoms with Crippen molar-refractivity contribution in [2.45, 2.75) is 91.0 Å². The molecule has 0 aromatic carbocycles. The second-order valence-corrected chi connectivity index (χ2v) is 11.5. The monoisotopic (exact) mass is 418 g/mol. The highest BCUT2D eigenvalue weighted by Crippen LogP contribution is 2.65. The van der Waals surface area contributed by atoms with Gasteiger partial charge in [-0.2, -0.15) is 0 Å². The second kappa shape index (κ2) is 8.03. The van der Waals surface area contributed by atoms with E-state index < -0.39 is 12.2 Å². The van der Waals surface area contributed by atoms with Crippen LogP contribution in [-0.4, -0.2) is 45.3 Å². The molecule has 0 aliphatic heterocycles. The summed E-state index contributed by atoms with van der Waals surface area (Å²) in [5.74, 6) is 1.47. The molecule has 30 heavy (non-hydrogen) atoms. The van der Waals surface area contributed by atoms with Gasteiger partial charge in [0.1, 0.15) is 0 Å². The fraction of sp³-hybridized carbons (Fsp3) is 0.846. The van der Waals surface area contributed by atoms with Crippen LogP contribution < -0.4 is 0 Å². The number of hydrogen-bond acceptors (Lipinski definition) is 4. The van der Waals surface area contributed by atoms with E-state index in [2.05, 4.69) is 32.9 Å². The van der Waals surface area contributed by atoms with Crippen LogP contribution in [0.5, 0.6) is 0 Å². The van der Waals surface area contributed by atoms with Crippen LogP contribution in [0.1, 0.15) is 72.6 Å². The Morgan fingerprint density at radius 3 is 2.47 bits per heavy atom. The number of fused-ring (bicyclic) bond motifs is 4. The largest absolute Gasteiger partial charge is 0.396 e. The van der Waals surface area contributed by atoms with Crippen LogP contribution >= 0.6 is 0 Å². The van der Waals surface area contributed by atoms with Crippen LogP contribution in [0.3, 0.4) is 0 Å². The minimum Gasteiger partial charge on any atom is -0.396 e. The third-order valence-electron chi connectivity index (χ3n) is 9.71. The van der Waals surface area contributed by atoms with Crippen LogP contribution in [0.4, 0.5) is 0 Å². The highest BCUT2D eigenvalue weighted by atomic mass is 16.3. The maximum atomic E-state index is 11.2. The maximum absolute atomic E-state index is 11.2. The summed E-state index contributed by atoms with van der Waals surface area (Å²) in [4.78, 5) is 0. The van der Waals surface area contributed by atoms with E-state index in [0.717, 1.165) is 32.1 Å². The van der Waals surface area contributed by atoms with Crippen LogP contribution in [0.2, 0.25) is 0 Å². The second-order valence-electron chi connectivity index (χ2n) is 11.5. The van der Waals surface area contributed by atoms with Crippen LogP contribution in [0.15, 0.2) is 23.3 Å². The van der Waals surface area contributed by atoms with E-state index in [1.54, 1.807) is 0 Å². The predicted octanol–water partition coefficient (Wildman–Crippen LogP) is 3.83. The smallest absolute Gasteiger partial charge is 0.0761 e. The topological polar surface area (TPSA) is 80.9 Å². The molecule has 3 fully saturated rings. The van der Waals surface area contributed by atoms with E-state index in [4.69, 9.17) is 0 Å². The average Bonchev–Trinajstić information content (AvgIpc) is 2.98. The molecule has 4 aliphatic rings. The van der Waals surface area contributed by atoms with Gasteiger partial charge in [0.05, 0.1) is 18.3 Å². The summed E-state index contributed by atoms with van der Waals surface area (Å²) >= 11 is 0. The van der Waals surface area contributed by atoms with Crippen molar-refractivity contribution in [3.8, 4) is 0 Å². The molecule has 0 amide bonds. The Labute approximate surface area is 182 Å². The van der Waals surface area contributed by atoms with Crippen molar-refractivity contribution in [3.63, 3.8) is 0 Å². The summed E-state index contributed by atoms with van der Waals surface area (Å²) in [5.41, 5.74) is 2.60. The number of rotatable bonds is 4. The van der Waals surface area contributed by atoms with Gasteiger partial charge in [0.2, 0.25) is 0 Å². The Morgan fingerprint density at radius 2 is 1.77 bits per heavy atom. The molecule has 4 nitrogen and oxygen atoms in total. The molecule has 10 atom stereocenters. The predicted molar refractivity (Wildman–Crippen MR) is 119 cm³/mol. The van der Waals surface area contributed by atoms with Crippen molar-refractivity contribution in [2.24, 2.45) is 40.4 Å². The zero-order valence-electron chi connectivity index (χ0n) is 19.2. The molecule has 0 bridgehead atoms. The number of hydrogen-bond donors (Lipinski definition) is 4. The molecule has 0 aromatic rings. The Hall–Kier alpha value is -0.680. The van der Waals surface area contributed by atoms with Crippen LogP contribution in [0, 0.1) is 40.4 Å². The summed E-state index contributed by atoms with van der Waals surface area (Å²) in [7, 11) is 0. The molecule has 4 rings (SSSR count). The first kappa shape index (κ1) is 22.5. The lowest BCUT2D eigenvalue weighted by Gasteiger charge is -2.58. The van der Waals surface area contributed by atoms with E-state index in [9.17, 15) is 20.4 Å². The van der Waals surface area contributed by atoms with Crippen LogP contribution in [-0.2, 0) is 0 Å². The lowest BCUT2D eigenvalue weighted by atomic mass is 9.48. The minimum absolute atomic E-state index is 0.0193. The van der Waals surface area contributed by atoms with E-state index in [-0.39, 0.29) is 35.4 Å². The molecular formula is C26H42O4. The molecule has 170 valence electrons. The SMILES string of the molecule is C[C@H](/C=C/[C@@H](C)[C@H]1C[C@@H](O)C2=C3C[C@H](O)C4C[C@@H](O)CC[C@]4(C)C3CC[C@@]21C)CO. The van der Waals surface area contributed by atoms with Gasteiger partial charge in [-0.25, -0.2) is 0 Å². The van der Waals surface area contributed by atoms with Gasteiger partial charge in [0.15, 0.2) is 0 Å². The zero-order chi connectivity index (χ0) is 21.8. The molecule has 0 spiro atoms. The Bertz CT molecular complexity index is 714. The van der Waals surface area contributed by atoms with Crippen molar-refractivity contribution in [3.05, 3.63) is 23.3 Å². The van der Waals surface area contributed by atoms with Gasteiger partial charge < -0.3 is 20.4 Å². The molecule has 0 heterocycles. The molecule has 0 saturated heterocycles. The Balaban J connectivity index is 1.68. The first-order valence-electron chi connectivity index (χ1n) is 12.2. The average molecular weight is 419 g/mol. The Kier molecular flexibility index (Phi) is 6.02. The first-order valence-corrected chi connectivity index (χ1v) is 12.2. The highest BCUT2D eigenvalue weighted by Gasteiger charge is 2.59. The van der Waals surface area contributed by atoms with Gasteiger partial charge in [-0.1, -0.05) is 45.4 Å². The standard InChI is InChI=1S/C26H42O4/c1-15(14-27)5-6-16(2)20-13-23(30)24-18-12-22(29)21-11-17(28)7-9-25(21,3)19(18)8-10-26(20,24)4/h5-6,15-17,19-23,27-30H,7-14H2,1-4H3/b6-5+/t15-,16-,17+,19?,20-,21?,22+,23-,25-,26-/m1/s1. The molecule has 0 radical (unpaired) electrons. The molecule has 4 heteroatoms. The lowest BCUT2D eigenvalue weighted by Crippen LogP contribution is -2.53. The van der Waals surface area contributed by atoms with Gasteiger partial charge in [-0.05, 0) is 90.9 Å². The summed E-state index contributed by atoms with van der Waals surface area (Å²) in [5, 5.41) is 41.9. The fourth-order valence-corrected chi connectivity index (χ4v) is 7.98. The summed E-state index contributed by atoms with van der Waals surface area (Å²) in [6.07, 6.45) is 9.40.